The summed E-state index contributed by atoms with van der Waals surface area (Å²) in [7, 11) is 5.15. The highest BCUT2D eigenvalue weighted by atomic mass is 16.5. The van der Waals surface area contributed by atoms with E-state index >= 15 is 0 Å². The van der Waals surface area contributed by atoms with E-state index in [9.17, 15) is 4.79 Å². The molecular weight excluding hydrogens is 242 g/mol. The van der Waals surface area contributed by atoms with Crippen molar-refractivity contribution < 1.29 is 9.53 Å². The average Bonchev–Trinajstić information content (AvgIpc) is 2.44. The van der Waals surface area contributed by atoms with E-state index in [1.807, 2.05) is 42.3 Å². The van der Waals surface area contributed by atoms with Crippen LogP contribution in [0.2, 0.25) is 0 Å². The van der Waals surface area contributed by atoms with Crippen molar-refractivity contribution in [2.24, 2.45) is 0 Å². The highest BCUT2D eigenvalue weighted by Gasteiger charge is 2.14. The second kappa shape index (κ2) is 7.27. The van der Waals surface area contributed by atoms with E-state index in [1.54, 1.807) is 19.1 Å². The van der Waals surface area contributed by atoms with Crippen LogP contribution in [0.4, 0.5) is 5.69 Å². The predicted molar refractivity (Wildman–Crippen MR) is 74.1 cm³/mol. The fraction of sp³-hybridized carbons (Fsp3) is 0.429. The molecule has 102 valence electrons. The summed E-state index contributed by atoms with van der Waals surface area (Å²) in [5, 5.41) is 8.51. The number of likely N-dealkylation sites (N-methyl/N-ethyl adjacent to an activating group) is 2. The SMILES string of the molecule is COc1ccccc1N(C)CC(=O)N(C)CCC#N. The number of rotatable bonds is 6. The van der Waals surface area contributed by atoms with Crippen molar-refractivity contribution in [3.8, 4) is 11.8 Å². The third kappa shape index (κ3) is 4.18. The standard InChI is InChI=1S/C14H19N3O2/c1-16(10-6-9-15)14(18)11-17(2)12-7-4-5-8-13(12)19-3/h4-5,7-8H,6,10-11H2,1-3H3. The summed E-state index contributed by atoms with van der Waals surface area (Å²) in [6.07, 6.45) is 0.348. The molecule has 0 aliphatic rings. The van der Waals surface area contributed by atoms with Gasteiger partial charge >= 0.3 is 0 Å². The molecule has 0 unspecified atom stereocenters. The maximum atomic E-state index is 12.0. The predicted octanol–water partition coefficient (Wildman–Crippen LogP) is 1.50. The molecule has 1 aromatic carbocycles. The van der Waals surface area contributed by atoms with Crippen molar-refractivity contribution >= 4 is 11.6 Å². The smallest absolute Gasteiger partial charge is 0.241 e. The number of para-hydroxylation sites is 2. The molecule has 19 heavy (non-hydrogen) atoms. The molecule has 1 aromatic rings. The highest BCUT2D eigenvalue weighted by Crippen LogP contribution is 2.26. The first-order valence-corrected chi connectivity index (χ1v) is 6.05. The Bertz CT molecular complexity index is 468. The maximum Gasteiger partial charge on any atom is 0.241 e. The van der Waals surface area contributed by atoms with Crippen LogP contribution in [0.3, 0.4) is 0 Å². The van der Waals surface area contributed by atoms with Crippen molar-refractivity contribution in [2.45, 2.75) is 6.42 Å². The number of hydrogen-bond donors (Lipinski definition) is 0. The van der Waals surface area contributed by atoms with Crippen LogP contribution >= 0.6 is 0 Å². The van der Waals surface area contributed by atoms with Crippen LogP contribution < -0.4 is 9.64 Å². The van der Waals surface area contributed by atoms with Crippen LogP contribution in [0.1, 0.15) is 6.42 Å². The van der Waals surface area contributed by atoms with Crippen LogP contribution in [0.5, 0.6) is 5.75 Å². The zero-order valence-corrected chi connectivity index (χ0v) is 11.6. The first-order valence-electron chi connectivity index (χ1n) is 6.05. The summed E-state index contributed by atoms with van der Waals surface area (Å²) >= 11 is 0. The largest absolute Gasteiger partial charge is 0.495 e. The van der Waals surface area contributed by atoms with Gasteiger partial charge in [-0.25, -0.2) is 0 Å². The summed E-state index contributed by atoms with van der Waals surface area (Å²) in [6.45, 7) is 0.706. The molecule has 5 nitrogen and oxygen atoms in total. The van der Waals surface area contributed by atoms with Gasteiger partial charge in [-0.1, -0.05) is 12.1 Å². The Morgan fingerprint density at radius 2 is 2.05 bits per heavy atom. The number of ether oxygens (including phenoxy) is 1. The van der Waals surface area contributed by atoms with Gasteiger partial charge in [0.1, 0.15) is 5.75 Å². The van der Waals surface area contributed by atoms with Crippen LogP contribution in [0, 0.1) is 11.3 Å². The highest BCUT2D eigenvalue weighted by molar-refractivity contribution is 5.81. The van der Waals surface area contributed by atoms with E-state index in [4.69, 9.17) is 10.00 Å². The molecule has 0 saturated heterocycles. The lowest BCUT2D eigenvalue weighted by atomic mass is 10.2. The molecule has 0 heterocycles. The zero-order valence-electron chi connectivity index (χ0n) is 11.6. The summed E-state index contributed by atoms with van der Waals surface area (Å²) < 4.78 is 5.26. The Morgan fingerprint density at radius 1 is 1.37 bits per heavy atom. The van der Waals surface area contributed by atoms with Gasteiger partial charge in [0.2, 0.25) is 5.91 Å². The van der Waals surface area contributed by atoms with Crippen molar-refractivity contribution in [2.75, 3.05) is 39.2 Å². The van der Waals surface area contributed by atoms with Gasteiger partial charge in [0, 0.05) is 20.6 Å². The topological polar surface area (TPSA) is 56.6 Å². The molecular formula is C14H19N3O2. The van der Waals surface area contributed by atoms with Gasteiger partial charge in [-0.15, -0.1) is 0 Å². The molecule has 0 aliphatic carbocycles. The zero-order chi connectivity index (χ0) is 14.3. The average molecular weight is 261 g/mol. The van der Waals surface area contributed by atoms with Crippen molar-refractivity contribution in [1.29, 1.82) is 5.26 Å². The molecule has 0 bridgehead atoms. The van der Waals surface area contributed by atoms with Crippen LogP contribution in [0.25, 0.3) is 0 Å². The van der Waals surface area contributed by atoms with Crippen molar-refractivity contribution in [1.82, 2.24) is 4.90 Å². The van der Waals surface area contributed by atoms with Gasteiger partial charge in [0.05, 0.1) is 31.8 Å². The molecule has 0 saturated carbocycles. The first kappa shape index (κ1) is 14.8. The number of methoxy groups -OCH3 is 1. The minimum absolute atomic E-state index is 0.0244. The number of carbonyl (C=O) groups excluding carboxylic acids is 1. The van der Waals surface area contributed by atoms with E-state index < -0.39 is 0 Å². The van der Waals surface area contributed by atoms with Gasteiger partial charge in [0.25, 0.3) is 0 Å². The summed E-state index contributed by atoms with van der Waals surface area (Å²) in [5.41, 5.74) is 0.868. The molecule has 0 atom stereocenters. The number of amides is 1. The van der Waals surface area contributed by atoms with Crippen molar-refractivity contribution in [3.05, 3.63) is 24.3 Å². The van der Waals surface area contributed by atoms with Crippen molar-refractivity contribution in [3.63, 3.8) is 0 Å². The lowest BCUT2D eigenvalue weighted by Gasteiger charge is -2.24. The Labute approximate surface area is 114 Å². The third-order valence-corrected chi connectivity index (χ3v) is 2.85. The molecule has 0 N–H and O–H groups in total. The minimum atomic E-state index is -0.0244. The second-order valence-corrected chi connectivity index (χ2v) is 4.25. The van der Waals surface area contributed by atoms with Gasteiger partial charge in [-0.3, -0.25) is 4.79 Å². The van der Waals surface area contributed by atoms with E-state index in [1.165, 1.54) is 0 Å². The molecule has 0 aliphatic heterocycles. The Kier molecular flexibility index (Phi) is 5.68. The van der Waals surface area contributed by atoms with Crippen LogP contribution in [-0.2, 0) is 4.79 Å². The molecule has 0 radical (unpaired) electrons. The fourth-order valence-electron chi connectivity index (χ4n) is 1.70. The number of benzene rings is 1. The third-order valence-electron chi connectivity index (χ3n) is 2.85. The first-order chi connectivity index (χ1) is 9.10. The van der Waals surface area contributed by atoms with Crippen LogP contribution in [0.15, 0.2) is 24.3 Å². The molecule has 0 aromatic heterocycles. The molecule has 0 spiro atoms. The van der Waals surface area contributed by atoms with E-state index in [-0.39, 0.29) is 12.5 Å². The molecule has 5 heteroatoms. The maximum absolute atomic E-state index is 12.0. The van der Waals surface area contributed by atoms with Gasteiger partial charge in [0.15, 0.2) is 0 Å². The summed E-state index contributed by atoms with van der Waals surface area (Å²) in [4.78, 5) is 15.4. The Hall–Kier alpha value is -2.22. The number of hydrogen-bond acceptors (Lipinski definition) is 4. The van der Waals surface area contributed by atoms with E-state index in [0.717, 1.165) is 11.4 Å². The molecule has 1 rings (SSSR count). The normalized spacial score (nSPS) is 9.58. The van der Waals surface area contributed by atoms with E-state index in [0.29, 0.717) is 13.0 Å². The Morgan fingerprint density at radius 3 is 2.68 bits per heavy atom. The monoisotopic (exact) mass is 261 g/mol. The molecule has 1 amide bonds. The lowest BCUT2D eigenvalue weighted by molar-refractivity contribution is -0.128. The summed E-state index contributed by atoms with van der Waals surface area (Å²) in [5.74, 6) is 0.709. The second-order valence-electron chi connectivity index (χ2n) is 4.25. The van der Waals surface area contributed by atoms with E-state index in [2.05, 4.69) is 0 Å². The van der Waals surface area contributed by atoms with Gasteiger partial charge < -0.3 is 14.5 Å². The number of carbonyl (C=O) groups is 1. The van der Waals surface area contributed by atoms with Crippen LogP contribution in [-0.4, -0.2) is 45.1 Å². The lowest BCUT2D eigenvalue weighted by Crippen LogP contribution is -2.37. The number of nitrogens with zero attached hydrogens (tertiary/aromatic N) is 3. The molecule has 0 fully saturated rings. The Balaban J connectivity index is 2.66. The summed E-state index contributed by atoms with van der Waals surface area (Å²) in [6, 6.07) is 9.58. The fourth-order valence-corrected chi connectivity index (χ4v) is 1.70. The van der Waals surface area contributed by atoms with Gasteiger partial charge in [-0.2, -0.15) is 5.26 Å². The number of nitriles is 1. The van der Waals surface area contributed by atoms with Gasteiger partial charge in [-0.05, 0) is 12.1 Å². The minimum Gasteiger partial charge on any atom is -0.495 e. The quantitative estimate of drug-likeness (QED) is 0.778. The number of anilines is 1.